The van der Waals surface area contributed by atoms with E-state index in [1.165, 1.54) is 31.0 Å². The molecule has 1 aromatic heterocycles. The lowest BCUT2D eigenvalue weighted by Crippen LogP contribution is -2.19. The minimum absolute atomic E-state index is 0.0458. The molecule has 1 heterocycles. The number of H-pyrrole nitrogens is 1. The van der Waals surface area contributed by atoms with Gasteiger partial charge in [0, 0.05) is 22.3 Å². The highest BCUT2D eigenvalue weighted by Crippen LogP contribution is 2.34. The fourth-order valence-electron chi connectivity index (χ4n) is 3.23. The Balaban J connectivity index is 1.99. The molecule has 1 fully saturated rings. The molecule has 6 heteroatoms. The van der Waals surface area contributed by atoms with Crippen LogP contribution in [-0.2, 0) is 0 Å². The smallest absolute Gasteiger partial charge is 0.254 e. The van der Waals surface area contributed by atoms with Crippen molar-refractivity contribution in [1.29, 1.82) is 0 Å². The van der Waals surface area contributed by atoms with Gasteiger partial charge in [0.05, 0.1) is 5.69 Å². The van der Waals surface area contributed by atoms with Crippen molar-refractivity contribution in [2.75, 3.05) is 0 Å². The van der Waals surface area contributed by atoms with E-state index in [0.29, 0.717) is 21.7 Å². The maximum Gasteiger partial charge on any atom is 0.254 e. The summed E-state index contributed by atoms with van der Waals surface area (Å²) in [5.74, 6) is -1.86. The Labute approximate surface area is 143 Å². The Hall–Kier alpha value is -1.69. The van der Waals surface area contributed by atoms with Gasteiger partial charge in [0.15, 0.2) is 5.16 Å². The topological polar surface area (TPSA) is 45.8 Å². The third-order valence-corrected chi connectivity index (χ3v) is 5.81. The van der Waals surface area contributed by atoms with E-state index in [0.717, 1.165) is 12.8 Å². The predicted molar refractivity (Wildman–Crippen MR) is 91.6 cm³/mol. The van der Waals surface area contributed by atoms with Gasteiger partial charge in [-0.2, -0.15) is 0 Å². The summed E-state index contributed by atoms with van der Waals surface area (Å²) in [6.07, 6.45) is 4.60. The van der Waals surface area contributed by atoms with E-state index < -0.39 is 17.6 Å². The van der Waals surface area contributed by atoms with Crippen molar-refractivity contribution < 1.29 is 8.78 Å². The van der Waals surface area contributed by atoms with E-state index in [1.807, 2.05) is 0 Å². The minimum Gasteiger partial charge on any atom is -0.301 e. The average Bonchev–Trinajstić information content (AvgIpc) is 3.03. The summed E-state index contributed by atoms with van der Waals surface area (Å²) in [7, 11) is 0. The first-order valence-corrected chi connectivity index (χ1v) is 9.06. The van der Waals surface area contributed by atoms with Gasteiger partial charge >= 0.3 is 0 Å². The molecule has 3 rings (SSSR count). The summed E-state index contributed by atoms with van der Waals surface area (Å²) < 4.78 is 28.2. The molecule has 0 saturated heterocycles. The molecule has 0 radical (unpaired) electrons. The molecule has 1 aliphatic carbocycles. The Morgan fingerprint density at radius 3 is 2.50 bits per heavy atom. The second-order valence-corrected chi connectivity index (χ2v) is 7.55. The van der Waals surface area contributed by atoms with E-state index in [2.05, 4.69) is 9.97 Å². The molecule has 1 saturated carbocycles. The molecule has 24 heavy (non-hydrogen) atoms. The first-order chi connectivity index (χ1) is 11.5. The summed E-state index contributed by atoms with van der Waals surface area (Å²) in [5, 5.41) is 0.986. The van der Waals surface area contributed by atoms with Gasteiger partial charge < -0.3 is 4.98 Å². The lowest BCUT2D eigenvalue weighted by atomic mass is 9.94. The van der Waals surface area contributed by atoms with E-state index in [1.54, 1.807) is 25.6 Å². The monoisotopic (exact) mass is 350 g/mol. The molecule has 0 spiro atoms. The van der Waals surface area contributed by atoms with Crippen molar-refractivity contribution >= 4 is 11.8 Å². The Kier molecular flexibility index (Phi) is 5.04. The fourth-order valence-corrected chi connectivity index (χ4v) is 4.42. The second-order valence-electron chi connectivity index (χ2n) is 6.26. The molecule has 2 aromatic rings. The van der Waals surface area contributed by atoms with E-state index in [-0.39, 0.29) is 11.1 Å². The molecule has 0 aliphatic heterocycles. The van der Waals surface area contributed by atoms with Crippen LogP contribution >= 0.6 is 11.8 Å². The Morgan fingerprint density at radius 1 is 1.25 bits per heavy atom. The van der Waals surface area contributed by atoms with E-state index in [9.17, 15) is 13.6 Å². The largest absolute Gasteiger partial charge is 0.301 e. The fraction of sp³-hybridized carbons (Fsp3) is 0.444. The first-order valence-electron chi connectivity index (χ1n) is 8.18. The van der Waals surface area contributed by atoms with Crippen molar-refractivity contribution in [1.82, 2.24) is 9.97 Å². The molecule has 1 aliphatic rings. The molecule has 128 valence electrons. The number of benzene rings is 1. The van der Waals surface area contributed by atoms with Gasteiger partial charge in [-0.3, -0.25) is 4.79 Å². The number of nitrogens with zero attached hydrogens (tertiary/aromatic N) is 1. The minimum atomic E-state index is -0.628. The maximum atomic E-state index is 14.1. The molecular weight excluding hydrogens is 330 g/mol. The SMILES string of the molecule is Cc1c([C@H](C)c2c(F)cccc2F)nc(SC2CCCC2)[nH]c1=O. The van der Waals surface area contributed by atoms with Gasteiger partial charge in [0.1, 0.15) is 11.6 Å². The molecule has 0 unspecified atom stereocenters. The maximum absolute atomic E-state index is 14.1. The molecule has 0 amide bonds. The number of nitrogens with one attached hydrogen (secondary N) is 1. The van der Waals surface area contributed by atoms with Crippen LogP contribution in [0.3, 0.4) is 0 Å². The van der Waals surface area contributed by atoms with Crippen molar-refractivity contribution in [3.05, 3.63) is 57.0 Å². The van der Waals surface area contributed by atoms with Gasteiger partial charge in [-0.05, 0) is 31.9 Å². The van der Waals surface area contributed by atoms with Crippen molar-refractivity contribution in [2.24, 2.45) is 0 Å². The number of thioether (sulfide) groups is 1. The molecule has 3 nitrogen and oxygen atoms in total. The summed E-state index contributed by atoms with van der Waals surface area (Å²) >= 11 is 1.56. The molecule has 1 N–H and O–H groups in total. The van der Waals surface area contributed by atoms with Crippen LogP contribution < -0.4 is 5.56 Å². The Bertz CT molecular complexity index is 780. The van der Waals surface area contributed by atoms with Gasteiger partial charge in [0.25, 0.3) is 5.56 Å². The highest BCUT2D eigenvalue weighted by atomic mass is 32.2. The zero-order valence-corrected chi connectivity index (χ0v) is 14.6. The van der Waals surface area contributed by atoms with Crippen LogP contribution in [-0.4, -0.2) is 15.2 Å². The summed E-state index contributed by atoms with van der Waals surface area (Å²) in [6, 6.07) is 3.79. The number of hydrogen-bond donors (Lipinski definition) is 1. The van der Waals surface area contributed by atoms with Crippen LogP contribution in [0, 0.1) is 18.6 Å². The predicted octanol–water partition coefficient (Wildman–Crippen LogP) is 4.54. The van der Waals surface area contributed by atoms with Crippen LogP contribution in [0.1, 0.15) is 55.3 Å². The third-order valence-electron chi connectivity index (χ3n) is 4.59. The number of rotatable bonds is 4. The van der Waals surface area contributed by atoms with Crippen molar-refractivity contribution in [3.63, 3.8) is 0 Å². The molecular formula is C18H20F2N2OS. The van der Waals surface area contributed by atoms with Crippen LogP contribution in [0.2, 0.25) is 0 Å². The highest BCUT2D eigenvalue weighted by molar-refractivity contribution is 7.99. The van der Waals surface area contributed by atoms with Crippen LogP contribution in [0.5, 0.6) is 0 Å². The van der Waals surface area contributed by atoms with Gasteiger partial charge in [-0.1, -0.05) is 37.6 Å². The van der Waals surface area contributed by atoms with Crippen LogP contribution in [0.15, 0.2) is 28.2 Å². The standard InChI is InChI=1S/C18H20F2N2OS/c1-10(15-13(19)8-5-9-14(15)20)16-11(2)17(23)22-18(21-16)24-12-6-3-4-7-12/h5,8-10,12H,3-4,6-7H2,1-2H3,(H,21,22,23)/t10-/m1/s1. The summed E-state index contributed by atoms with van der Waals surface area (Å²) in [4.78, 5) is 19.6. The van der Waals surface area contributed by atoms with E-state index >= 15 is 0 Å². The van der Waals surface area contributed by atoms with Crippen LogP contribution in [0.4, 0.5) is 8.78 Å². The van der Waals surface area contributed by atoms with Gasteiger partial charge in [-0.25, -0.2) is 13.8 Å². The normalized spacial score (nSPS) is 16.5. The molecule has 1 aromatic carbocycles. The number of aromatic nitrogens is 2. The quantitative estimate of drug-likeness (QED) is 0.823. The average molecular weight is 350 g/mol. The first kappa shape index (κ1) is 17.1. The van der Waals surface area contributed by atoms with Crippen molar-refractivity contribution in [2.45, 2.75) is 55.9 Å². The lowest BCUT2D eigenvalue weighted by molar-refractivity contribution is 0.543. The zero-order chi connectivity index (χ0) is 17.3. The third kappa shape index (κ3) is 3.38. The van der Waals surface area contributed by atoms with Gasteiger partial charge in [-0.15, -0.1) is 0 Å². The number of halogens is 2. The summed E-state index contributed by atoms with van der Waals surface area (Å²) in [6.45, 7) is 3.32. The zero-order valence-electron chi connectivity index (χ0n) is 13.7. The lowest BCUT2D eigenvalue weighted by Gasteiger charge is -2.17. The molecule has 1 atom stereocenters. The second kappa shape index (κ2) is 7.05. The number of hydrogen-bond acceptors (Lipinski definition) is 3. The molecule has 0 bridgehead atoms. The van der Waals surface area contributed by atoms with Crippen molar-refractivity contribution in [3.8, 4) is 0 Å². The number of aromatic amines is 1. The van der Waals surface area contributed by atoms with Gasteiger partial charge in [0.2, 0.25) is 0 Å². The van der Waals surface area contributed by atoms with E-state index in [4.69, 9.17) is 0 Å². The van der Waals surface area contributed by atoms with Crippen LogP contribution in [0.25, 0.3) is 0 Å². The highest BCUT2D eigenvalue weighted by Gasteiger charge is 2.24. The Morgan fingerprint density at radius 2 is 1.88 bits per heavy atom. The summed E-state index contributed by atoms with van der Waals surface area (Å²) in [5.41, 5.74) is 0.545.